The van der Waals surface area contributed by atoms with Gasteiger partial charge in [0, 0.05) is 18.6 Å². The van der Waals surface area contributed by atoms with Gasteiger partial charge >= 0.3 is 0 Å². The molecule has 3 atom stereocenters. The van der Waals surface area contributed by atoms with Crippen LogP contribution >= 0.6 is 0 Å². The molecule has 0 spiro atoms. The molecule has 0 unspecified atom stereocenters. The van der Waals surface area contributed by atoms with E-state index in [0.29, 0.717) is 6.54 Å². The molecule has 0 radical (unpaired) electrons. The topological polar surface area (TPSA) is 43.7 Å². The minimum absolute atomic E-state index is 0.129. The number of nitrogens with zero attached hydrogens (tertiary/aromatic N) is 1. The average molecular weight is 313 g/mol. The van der Waals surface area contributed by atoms with E-state index in [2.05, 4.69) is 36.1 Å². The first-order valence-electron chi connectivity index (χ1n) is 8.13. The maximum absolute atomic E-state index is 10.5. The molecular weight excluding hydrogens is 286 g/mol. The van der Waals surface area contributed by atoms with Crippen LogP contribution in [0.1, 0.15) is 37.9 Å². The Balaban J connectivity index is 2.31. The first-order chi connectivity index (χ1) is 11.0. The van der Waals surface area contributed by atoms with Gasteiger partial charge in [-0.2, -0.15) is 0 Å². The second kappa shape index (κ2) is 7.73. The zero-order valence-electron chi connectivity index (χ0n) is 14.2. The third kappa shape index (κ3) is 4.41. The summed E-state index contributed by atoms with van der Waals surface area (Å²) < 4.78 is 0. The lowest BCUT2D eigenvalue weighted by molar-refractivity contribution is -0.0751. The molecule has 0 heterocycles. The maximum atomic E-state index is 10.5. The summed E-state index contributed by atoms with van der Waals surface area (Å²) in [7, 11) is 0. The number of rotatable bonds is 7. The molecule has 0 aliphatic heterocycles. The predicted octanol–water partition coefficient (Wildman–Crippen LogP) is 3.38. The van der Waals surface area contributed by atoms with Crippen LogP contribution < -0.4 is 0 Å². The highest BCUT2D eigenvalue weighted by atomic mass is 16.3. The predicted molar refractivity (Wildman–Crippen MR) is 94.0 cm³/mol. The Morgan fingerprint density at radius 2 is 1.48 bits per heavy atom. The summed E-state index contributed by atoms with van der Waals surface area (Å²) in [5, 5.41) is 20.1. The van der Waals surface area contributed by atoms with Gasteiger partial charge in [0.25, 0.3) is 0 Å². The second-order valence-corrected chi connectivity index (χ2v) is 6.44. The van der Waals surface area contributed by atoms with E-state index in [0.717, 1.165) is 0 Å². The average Bonchev–Trinajstić information content (AvgIpc) is 2.60. The number of aliphatic hydroxyl groups excluding tert-OH is 1. The van der Waals surface area contributed by atoms with Crippen molar-refractivity contribution in [2.45, 2.75) is 45.0 Å². The first-order valence-corrected chi connectivity index (χ1v) is 8.13. The summed E-state index contributed by atoms with van der Waals surface area (Å²) in [4.78, 5) is 2.24. The fraction of sp³-hybridized carbons (Fsp3) is 0.400. The summed E-state index contributed by atoms with van der Waals surface area (Å²) in [5.74, 6) is 0. The van der Waals surface area contributed by atoms with Gasteiger partial charge in [0.1, 0.15) is 5.60 Å². The van der Waals surface area contributed by atoms with E-state index in [4.69, 9.17) is 0 Å². The lowest BCUT2D eigenvalue weighted by atomic mass is 9.94. The Morgan fingerprint density at radius 1 is 0.957 bits per heavy atom. The van der Waals surface area contributed by atoms with E-state index in [1.165, 1.54) is 11.1 Å². The Labute approximate surface area is 139 Å². The molecule has 2 N–H and O–H groups in total. The van der Waals surface area contributed by atoms with Crippen LogP contribution in [0.3, 0.4) is 0 Å². The van der Waals surface area contributed by atoms with Gasteiger partial charge in [0.05, 0.1) is 6.61 Å². The first kappa shape index (κ1) is 17.7. The van der Waals surface area contributed by atoms with Crippen LogP contribution in [-0.2, 0) is 6.54 Å². The summed E-state index contributed by atoms with van der Waals surface area (Å²) >= 11 is 0. The molecule has 23 heavy (non-hydrogen) atoms. The standard InChI is InChI=1S/C20H27NO2/c1-16(19-12-8-5-9-13-19)21(17(2)20(3,23)15-22)14-18-10-6-4-7-11-18/h4-13,16-17,22-23H,14-15H2,1-3H3/t16-,17-,20+/m1/s1. The molecular formula is C20H27NO2. The van der Waals surface area contributed by atoms with Gasteiger partial charge in [-0.1, -0.05) is 60.7 Å². The van der Waals surface area contributed by atoms with Gasteiger partial charge in [-0.15, -0.1) is 0 Å². The molecule has 0 bridgehead atoms. The van der Waals surface area contributed by atoms with Crippen molar-refractivity contribution in [2.75, 3.05) is 6.61 Å². The van der Waals surface area contributed by atoms with Gasteiger partial charge in [0.15, 0.2) is 0 Å². The van der Waals surface area contributed by atoms with Gasteiger partial charge in [-0.3, -0.25) is 4.90 Å². The summed E-state index contributed by atoms with van der Waals surface area (Å²) in [6.07, 6.45) is 0. The fourth-order valence-electron chi connectivity index (χ4n) is 2.82. The third-order valence-electron chi connectivity index (χ3n) is 4.71. The highest BCUT2D eigenvalue weighted by Gasteiger charge is 2.34. The van der Waals surface area contributed by atoms with Gasteiger partial charge in [-0.25, -0.2) is 0 Å². The zero-order chi connectivity index (χ0) is 16.9. The molecule has 124 valence electrons. The molecule has 0 fully saturated rings. The van der Waals surface area contributed by atoms with Crippen molar-refractivity contribution in [3.05, 3.63) is 71.8 Å². The van der Waals surface area contributed by atoms with Gasteiger partial charge in [0.2, 0.25) is 0 Å². The van der Waals surface area contributed by atoms with E-state index < -0.39 is 5.60 Å². The number of aliphatic hydroxyl groups is 2. The van der Waals surface area contributed by atoms with E-state index in [-0.39, 0.29) is 18.7 Å². The summed E-state index contributed by atoms with van der Waals surface area (Å²) in [6, 6.07) is 20.4. The highest BCUT2D eigenvalue weighted by molar-refractivity contribution is 5.20. The van der Waals surface area contributed by atoms with Crippen molar-refractivity contribution in [3.8, 4) is 0 Å². The van der Waals surface area contributed by atoms with Crippen molar-refractivity contribution in [2.24, 2.45) is 0 Å². The van der Waals surface area contributed by atoms with E-state index in [1.54, 1.807) is 6.92 Å². The SMILES string of the molecule is C[C@H](c1ccccc1)N(Cc1ccccc1)[C@H](C)[C@@](C)(O)CO. The zero-order valence-corrected chi connectivity index (χ0v) is 14.2. The largest absolute Gasteiger partial charge is 0.393 e. The lowest BCUT2D eigenvalue weighted by Crippen LogP contribution is -2.52. The van der Waals surface area contributed by atoms with Crippen LogP contribution in [0.2, 0.25) is 0 Å². The van der Waals surface area contributed by atoms with Gasteiger partial charge in [-0.05, 0) is 31.9 Å². The van der Waals surface area contributed by atoms with Crippen molar-refractivity contribution >= 4 is 0 Å². The number of hydrogen-bond acceptors (Lipinski definition) is 3. The Morgan fingerprint density at radius 3 is 2.00 bits per heavy atom. The number of hydrogen-bond donors (Lipinski definition) is 2. The van der Waals surface area contributed by atoms with E-state index in [1.807, 2.05) is 43.3 Å². The second-order valence-electron chi connectivity index (χ2n) is 6.44. The molecule has 0 saturated heterocycles. The van der Waals surface area contributed by atoms with Crippen LogP contribution in [0.25, 0.3) is 0 Å². The Kier molecular flexibility index (Phi) is 5.94. The van der Waals surface area contributed by atoms with Crippen LogP contribution in [0.5, 0.6) is 0 Å². The monoisotopic (exact) mass is 313 g/mol. The molecule has 2 aromatic rings. The third-order valence-corrected chi connectivity index (χ3v) is 4.71. The van der Waals surface area contributed by atoms with Crippen LogP contribution in [0, 0.1) is 0 Å². The normalized spacial score (nSPS) is 16.8. The molecule has 0 saturated carbocycles. The Hall–Kier alpha value is -1.68. The molecule has 0 aliphatic carbocycles. The molecule has 3 nitrogen and oxygen atoms in total. The van der Waals surface area contributed by atoms with Gasteiger partial charge < -0.3 is 10.2 Å². The minimum atomic E-state index is -1.15. The van der Waals surface area contributed by atoms with E-state index in [9.17, 15) is 10.2 Å². The van der Waals surface area contributed by atoms with Crippen LogP contribution in [0.4, 0.5) is 0 Å². The Bertz CT molecular complexity index is 583. The smallest absolute Gasteiger partial charge is 0.100 e. The lowest BCUT2D eigenvalue weighted by Gasteiger charge is -2.41. The van der Waals surface area contributed by atoms with Crippen molar-refractivity contribution in [3.63, 3.8) is 0 Å². The molecule has 0 aromatic heterocycles. The van der Waals surface area contributed by atoms with E-state index >= 15 is 0 Å². The summed E-state index contributed by atoms with van der Waals surface area (Å²) in [6.45, 7) is 6.25. The fourth-order valence-corrected chi connectivity index (χ4v) is 2.82. The van der Waals surface area contributed by atoms with Crippen molar-refractivity contribution < 1.29 is 10.2 Å². The maximum Gasteiger partial charge on any atom is 0.100 e. The molecule has 0 aliphatic rings. The van der Waals surface area contributed by atoms with Crippen LogP contribution in [-0.4, -0.2) is 33.4 Å². The molecule has 2 rings (SSSR count). The highest BCUT2D eigenvalue weighted by Crippen LogP contribution is 2.29. The van der Waals surface area contributed by atoms with Crippen molar-refractivity contribution in [1.29, 1.82) is 0 Å². The summed E-state index contributed by atoms with van der Waals surface area (Å²) in [5.41, 5.74) is 1.23. The minimum Gasteiger partial charge on any atom is -0.393 e. The molecule has 2 aromatic carbocycles. The van der Waals surface area contributed by atoms with Crippen molar-refractivity contribution in [1.82, 2.24) is 4.90 Å². The number of benzene rings is 2. The molecule has 0 amide bonds. The quantitative estimate of drug-likeness (QED) is 0.823. The molecule has 3 heteroatoms. The van der Waals surface area contributed by atoms with Crippen LogP contribution in [0.15, 0.2) is 60.7 Å².